The summed E-state index contributed by atoms with van der Waals surface area (Å²) in [7, 11) is 0. The lowest BCUT2D eigenvalue weighted by atomic mass is 10.1. The number of carbonyl (C=O) groups excluding carboxylic acids is 1. The summed E-state index contributed by atoms with van der Waals surface area (Å²) >= 11 is 0. The Bertz CT molecular complexity index is 689. The molecule has 2 rings (SSSR count). The van der Waals surface area contributed by atoms with Gasteiger partial charge in [-0.3, -0.25) is 4.79 Å². The molecule has 1 aromatic carbocycles. The van der Waals surface area contributed by atoms with Gasteiger partial charge in [0.25, 0.3) is 5.91 Å². The van der Waals surface area contributed by atoms with Crippen molar-refractivity contribution in [2.45, 2.75) is 19.9 Å². The number of aromatic nitrogens is 1. The maximum Gasteiger partial charge on any atom is 0.254 e. The van der Waals surface area contributed by atoms with Crippen molar-refractivity contribution >= 4 is 5.91 Å². The molecular formula is C15H13F3N2O. The molecule has 3 nitrogen and oxygen atoms in total. The summed E-state index contributed by atoms with van der Waals surface area (Å²) in [6.07, 6.45) is 1.00. The first-order valence-electron chi connectivity index (χ1n) is 6.27. The Morgan fingerprint density at radius 1 is 1.24 bits per heavy atom. The Labute approximate surface area is 119 Å². The summed E-state index contributed by atoms with van der Waals surface area (Å²) in [6.45, 7) is 3.24. The van der Waals surface area contributed by atoms with Crippen molar-refractivity contribution in [2.75, 3.05) is 0 Å². The van der Waals surface area contributed by atoms with Crippen LogP contribution in [0.5, 0.6) is 0 Å². The number of pyridine rings is 1. The smallest absolute Gasteiger partial charge is 0.254 e. The molecule has 0 spiro atoms. The van der Waals surface area contributed by atoms with Gasteiger partial charge in [0.15, 0.2) is 5.82 Å². The van der Waals surface area contributed by atoms with Crippen LogP contribution in [0, 0.1) is 24.5 Å². The highest BCUT2D eigenvalue weighted by Crippen LogP contribution is 2.17. The van der Waals surface area contributed by atoms with Crippen molar-refractivity contribution in [3.8, 4) is 0 Å². The lowest BCUT2D eigenvalue weighted by Crippen LogP contribution is -2.28. The van der Waals surface area contributed by atoms with E-state index < -0.39 is 35.1 Å². The molecule has 0 aliphatic rings. The van der Waals surface area contributed by atoms with Crippen LogP contribution in [0.2, 0.25) is 0 Å². The summed E-state index contributed by atoms with van der Waals surface area (Å²) in [5, 5.41) is 2.49. The molecular weight excluding hydrogens is 281 g/mol. The Morgan fingerprint density at radius 2 is 1.95 bits per heavy atom. The molecule has 0 saturated carbocycles. The number of benzene rings is 1. The second-order valence-corrected chi connectivity index (χ2v) is 4.67. The van der Waals surface area contributed by atoms with E-state index in [4.69, 9.17) is 0 Å². The molecule has 110 valence electrons. The third-order valence-electron chi connectivity index (χ3n) is 3.13. The number of aryl methyl sites for hydroxylation is 1. The van der Waals surface area contributed by atoms with Gasteiger partial charge in [0.2, 0.25) is 5.95 Å². The number of rotatable bonds is 3. The summed E-state index contributed by atoms with van der Waals surface area (Å²) < 4.78 is 39.9. The molecule has 0 fully saturated rings. The normalized spacial score (nSPS) is 12.0. The molecule has 0 aliphatic carbocycles. The number of hydrogen-bond acceptors (Lipinski definition) is 2. The molecule has 6 heteroatoms. The zero-order chi connectivity index (χ0) is 15.6. The molecule has 2 aromatic rings. The van der Waals surface area contributed by atoms with Gasteiger partial charge in [-0.1, -0.05) is 12.1 Å². The lowest BCUT2D eigenvalue weighted by molar-refractivity contribution is 0.0934. The molecule has 0 aliphatic heterocycles. The van der Waals surface area contributed by atoms with E-state index in [1.165, 1.54) is 6.07 Å². The van der Waals surface area contributed by atoms with Gasteiger partial charge < -0.3 is 5.32 Å². The van der Waals surface area contributed by atoms with E-state index in [9.17, 15) is 18.0 Å². The van der Waals surface area contributed by atoms with Crippen LogP contribution in [0.1, 0.15) is 34.5 Å². The fourth-order valence-electron chi connectivity index (χ4n) is 1.83. The fourth-order valence-corrected chi connectivity index (χ4v) is 1.83. The number of nitrogens with zero attached hydrogens (tertiary/aromatic N) is 1. The van der Waals surface area contributed by atoms with Crippen LogP contribution in [-0.2, 0) is 0 Å². The number of amides is 1. The predicted octanol–water partition coefficient (Wildman–Crippen LogP) is 3.30. The van der Waals surface area contributed by atoms with Gasteiger partial charge in [0, 0.05) is 6.20 Å². The van der Waals surface area contributed by atoms with Crippen LogP contribution in [0.4, 0.5) is 13.2 Å². The second-order valence-electron chi connectivity index (χ2n) is 4.67. The number of nitrogens with one attached hydrogen (secondary N) is 1. The van der Waals surface area contributed by atoms with Gasteiger partial charge in [-0.2, -0.15) is 4.39 Å². The van der Waals surface area contributed by atoms with Crippen molar-refractivity contribution in [2.24, 2.45) is 0 Å². The zero-order valence-corrected chi connectivity index (χ0v) is 11.5. The van der Waals surface area contributed by atoms with Crippen LogP contribution < -0.4 is 5.32 Å². The Kier molecular flexibility index (Phi) is 4.26. The third-order valence-corrected chi connectivity index (χ3v) is 3.13. The second kappa shape index (κ2) is 5.95. The van der Waals surface area contributed by atoms with Gasteiger partial charge in [-0.15, -0.1) is 0 Å². The molecule has 0 radical (unpaired) electrons. The van der Waals surface area contributed by atoms with Crippen molar-refractivity contribution in [1.29, 1.82) is 0 Å². The molecule has 1 N–H and O–H groups in total. The highest BCUT2D eigenvalue weighted by Gasteiger charge is 2.18. The quantitative estimate of drug-likeness (QED) is 0.883. The van der Waals surface area contributed by atoms with Crippen molar-refractivity contribution < 1.29 is 18.0 Å². The van der Waals surface area contributed by atoms with Crippen LogP contribution in [-0.4, -0.2) is 10.9 Å². The lowest BCUT2D eigenvalue weighted by Gasteiger charge is -2.15. The average molecular weight is 294 g/mol. The van der Waals surface area contributed by atoms with Crippen LogP contribution in [0.3, 0.4) is 0 Å². The highest BCUT2D eigenvalue weighted by atomic mass is 19.2. The standard InChI is InChI=1S/C15H13F3N2O/c1-8-3-4-10(7-12(8)16)9(2)20-15(21)11-5-6-19-14(18)13(11)17/h3-7,9H,1-2H3,(H,20,21). The first kappa shape index (κ1) is 15.0. The maximum atomic E-state index is 13.5. The Hall–Kier alpha value is -2.37. The van der Waals surface area contributed by atoms with Crippen LogP contribution in [0.25, 0.3) is 0 Å². The minimum atomic E-state index is -1.34. The van der Waals surface area contributed by atoms with E-state index >= 15 is 0 Å². The summed E-state index contributed by atoms with van der Waals surface area (Å²) in [4.78, 5) is 15.0. The van der Waals surface area contributed by atoms with Gasteiger partial charge in [-0.25, -0.2) is 13.8 Å². The predicted molar refractivity (Wildman–Crippen MR) is 71.2 cm³/mol. The number of halogens is 3. The topological polar surface area (TPSA) is 42.0 Å². The molecule has 1 atom stereocenters. The molecule has 1 unspecified atom stereocenters. The Morgan fingerprint density at radius 3 is 2.62 bits per heavy atom. The minimum absolute atomic E-state index is 0.394. The molecule has 1 heterocycles. The first-order chi connectivity index (χ1) is 9.90. The maximum absolute atomic E-state index is 13.5. The van der Waals surface area contributed by atoms with E-state index in [0.717, 1.165) is 12.3 Å². The van der Waals surface area contributed by atoms with E-state index in [-0.39, 0.29) is 0 Å². The Balaban J connectivity index is 2.18. The van der Waals surface area contributed by atoms with Crippen molar-refractivity contribution in [3.05, 3.63) is 64.7 Å². The van der Waals surface area contributed by atoms with Crippen molar-refractivity contribution in [3.63, 3.8) is 0 Å². The van der Waals surface area contributed by atoms with Gasteiger partial charge in [-0.05, 0) is 37.1 Å². The molecule has 0 bridgehead atoms. The largest absolute Gasteiger partial charge is 0.345 e. The third kappa shape index (κ3) is 3.21. The molecule has 1 amide bonds. The van der Waals surface area contributed by atoms with Crippen LogP contribution in [0.15, 0.2) is 30.5 Å². The minimum Gasteiger partial charge on any atom is -0.345 e. The molecule has 0 saturated heterocycles. The van der Waals surface area contributed by atoms with Crippen LogP contribution >= 0.6 is 0 Å². The average Bonchev–Trinajstić information content (AvgIpc) is 2.44. The monoisotopic (exact) mass is 294 g/mol. The van der Waals surface area contributed by atoms with E-state index in [0.29, 0.717) is 11.1 Å². The molecule has 21 heavy (non-hydrogen) atoms. The molecule has 1 aromatic heterocycles. The van der Waals surface area contributed by atoms with E-state index in [1.54, 1.807) is 26.0 Å². The van der Waals surface area contributed by atoms with E-state index in [1.807, 2.05) is 0 Å². The van der Waals surface area contributed by atoms with Gasteiger partial charge in [0.05, 0.1) is 11.6 Å². The summed E-state index contributed by atoms with van der Waals surface area (Å²) in [5.41, 5.74) is 0.572. The zero-order valence-electron chi connectivity index (χ0n) is 11.5. The first-order valence-corrected chi connectivity index (χ1v) is 6.27. The van der Waals surface area contributed by atoms with Crippen molar-refractivity contribution in [1.82, 2.24) is 10.3 Å². The summed E-state index contributed by atoms with van der Waals surface area (Å²) in [5.74, 6) is -3.83. The highest BCUT2D eigenvalue weighted by molar-refractivity contribution is 5.94. The fraction of sp³-hybridized carbons (Fsp3) is 0.200. The van der Waals surface area contributed by atoms with Gasteiger partial charge in [0.1, 0.15) is 5.82 Å². The SMILES string of the molecule is Cc1ccc(C(C)NC(=O)c2ccnc(F)c2F)cc1F. The number of carbonyl (C=O) groups is 1. The summed E-state index contributed by atoms with van der Waals surface area (Å²) in [6, 6.07) is 5.07. The van der Waals surface area contributed by atoms with E-state index in [2.05, 4.69) is 10.3 Å². The van der Waals surface area contributed by atoms with Gasteiger partial charge >= 0.3 is 0 Å². The number of hydrogen-bond donors (Lipinski definition) is 1.